The zero-order valence-electron chi connectivity index (χ0n) is 10.7. The molecule has 1 aliphatic rings. The van der Waals surface area contributed by atoms with Crippen molar-refractivity contribution in [2.75, 3.05) is 19.6 Å². The number of amides is 1. The molecule has 2 N–H and O–H groups in total. The first-order valence-corrected chi connectivity index (χ1v) is 6.38. The van der Waals surface area contributed by atoms with E-state index in [0.717, 1.165) is 32.5 Å². The van der Waals surface area contributed by atoms with Crippen LogP contribution in [0.5, 0.6) is 0 Å². The molecular formula is C14H20N2O2. The molecule has 0 spiro atoms. The van der Waals surface area contributed by atoms with Crippen molar-refractivity contribution in [3.8, 4) is 0 Å². The van der Waals surface area contributed by atoms with E-state index in [1.54, 1.807) is 18.4 Å². The molecule has 4 heteroatoms. The number of hydrogen-bond acceptors (Lipinski definition) is 3. The van der Waals surface area contributed by atoms with Crippen molar-refractivity contribution in [1.82, 2.24) is 10.6 Å². The number of nitrogens with one attached hydrogen (secondary N) is 2. The number of hydrogen-bond donors (Lipinski definition) is 2. The molecule has 98 valence electrons. The Bertz CT molecular complexity index is 403. The van der Waals surface area contributed by atoms with Crippen LogP contribution in [0.2, 0.25) is 0 Å². The second-order valence-electron chi connectivity index (χ2n) is 5.13. The van der Waals surface area contributed by atoms with Crippen molar-refractivity contribution in [3.63, 3.8) is 0 Å². The number of carbonyl (C=O) groups excluding carboxylic acids is 1. The summed E-state index contributed by atoms with van der Waals surface area (Å²) in [7, 11) is 0. The van der Waals surface area contributed by atoms with Crippen LogP contribution in [0.4, 0.5) is 0 Å². The standard InChI is InChI=1S/C14H20N2O2/c1-14(6-8-15-9-7-14)11-16-13(17)5-4-12-3-2-10-18-12/h2-5,10,15H,6-9,11H2,1H3,(H,16,17)/b5-4+. The molecule has 0 unspecified atom stereocenters. The molecule has 2 heterocycles. The highest BCUT2D eigenvalue weighted by molar-refractivity contribution is 5.91. The molecule has 18 heavy (non-hydrogen) atoms. The van der Waals surface area contributed by atoms with Gasteiger partial charge in [-0.3, -0.25) is 4.79 Å². The van der Waals surface area contributed by atoms with E-state index >= 15 is 0 Å². The maximum atomic E-state index is 11.7. The van der Waals surface area contributed by atoms with Crippen LogP contribution in [0.25, 0.3) is 6.08 Å². The van der Waals surface area contributed by atoms with E-state index < -0.39 is 0 Å². The Labute approximate surface area is 107 Å². The summed E-state index contributed by atoms with van der Waals surface area (Å²) in [4.78, 5) is 11.7. The monoisotopic (exact) mass is 248 g/mol. The Balaban J connectivity index is 1.77. The Morgan fingerprint density at radius 3 is 3.00 bits per heavy atom. The first kappa shape index (κ1) is 12.9. The first-order valence-electron chi connectivity index (χ1n) is 6.38. The van der Waals surface area contributed by atoms with Gasteiger partial charge in [0.25, 0.3) is 0 Å². The molecule has 2 rings (SSSR count). The lowest BCUT2D eigenvalue weighted by molar-refractivity contribution is -0.117. The van der Waals surface area contributed by atoms with Crippen LogP contribution in [-0.4, -0.2) is 25.5 Å². The average molecular weight is 248 g/mol. The Hall–Kier alpha value is -1.55. The molecule has 1 fully saturated rings. The maximum absolute atomic E-state index is 11.7. The summed E-state index contributed by atoms with van der Waals surface area (Å²) in [6, 6.07) is 3.62. The molecule has 0 aromatic carbocycles. The zero-order valence-corrected chi connectivity index (χ0v) is 10.7. The van der Waals surface area contributed by atoms with Crippen molar-refractivity contribution in [2.24, 2.45) is 5.41 Å². The number of furan rings is 1. The van der Waals surface area contributed by atoms with E-state index in [1.165, 1.54) is 6.08 Å². The number of rotatable bonds is 4. The normalized spacial score (nSPS) is 18.9. The van der Waals surface area contributed by atoms with Gasteiger partial charge in [-0.05, 0) is 49.6 Å². The summed E-state index contributed by atoms with van der Waals surface area (Å²) in [5.41, 5.74) is 0.222. The Kier molecular flexibility index (Phi) is 4.20. The maximum Gasteiger partial charge on any atom is 0.244 e. The van der Waals surface area contributed by atoms with Crippen LogP contribution < -0.4 is 10.6 Å². The van der Waals surface area contributed by atoms with Crippen LogP contribution in [-0.2, 0) is 4.79 Å². The molecule has 0 bridgehead atoms. The fourth-order valence-corrected chi connectivity index (χ4v) is 2.11. The fraction of sp³-hybridized carbons (Fsp3) is 0.500. The van der Waals surface area contributed by atoms with E-state index in [1.807, 2.05) is 6.07 Å². The molecule has 0 radical (unpaired) electrons. The van der Waals surface area contributed by atoms with Crippen molar-refractivity contribution in [1.29, 1.82) is 0 Å². The average Bonchev–Trinajstić information content (AvgIpc) is 2.88. The van der Waals surface area contributed by atoms with Gasteiger partial charge in [-0.1, -0.05) is 6.92 Å². The molecule has 1 aromatic heterocycles. The third kappa shape index (κ3) is 3.74. The third-order valence-electron chi connectivity index (χ3n) is 3.44. The van der Waals surface area contributed by atoms with Crippen molar-refractivity contribution in [3.05, 3.63) is 30.2 Å². The van der Waals surface area contributed by atoms with Crippen molar-refractivity contribution < 1.29 is 9.21 Å². The molecule has 1 saturated heterocycles. The highest BCUT2D eigenvalue weighted by Crippen LogP contribution is 2.26. The third-order valence-corrected chi connectivity index (χ3v) is 3.44. The van der Waals surface area contributed by atoms with Crippen molar-refractivity contribution >= 4 is 12.0 Å². The lowest BCUT2D eigenvalue weighted by Gasteiger charge is -2.33. The number of carbonyl (C=O) groups is 1. The lowest BCUT2D eigenvalue weighted by Crippen LogP contribution is -2.42. The van der Waals surface area contributed by atoms with Gasteiger partial charge in [0, 0.05) is 12.6 Å². The van der Waals surface area contributed by atoms with E-state index in [2.05, 4.69) is 17.6 Å². The SMILES string of the molecule is CC1(CNC(=O)/C=C/c2ccco2)CCNCC1. The van der Waals surface area contributed by atoms with Gasteiger partial charge in [0.05, 0.1) is 6.26 Å². The van der Waals surface area contributed by atoms with Gasteiger partial charge < -0.3 is 15.1 Å². The predicted molar refractivity (Wildman–Crippen MR) is 71.0 cm³/mol. The van der Waals surface area contributed by atoms with Crippen LogP contribution in [0.15, 0.2) is 28.9 Å². The summed E-state index contributed by atoms with van der Waals surface area (Å²) < 4.78 is 5.12. The molecule has 4 nitrogen and oxygen atoms in total. The highest BCUT2D eigenvalue weighted by Gasteiger charge is 2.26. The number of piperidine rings is 1. The van der Waals surface area contributed by atoms with Crippen LogP contribution in [0, 0.1) is 5.41 Å². The molecular weight excluding hydrogens is 228 g/mol. The molecule has 1 aromatic rings. The van der Waals surface area contributed by atoms with E-state index in [0.29, 0.717) is 5.76 Å². The van der Waals surface area contributed by atoms with Gasteiger partial charge in [0.2, 0.25) is 5.91 Å². The van der Waals surface area contributed by atoms with Gasteiger partial charge in [0.15, 0.2) is 0 Å². The minimum Gasteiger partial charge on any atom is -0.465 e. The second-order valence-corrected chi connectivity index (χ2v) is 5.13. The predicted octanol–water partition coefficient (Wildman–Crippen LogP) is 1.80. The van der Waals surface area contributed by atoms with Gasteiger partial charge in [-0.2, -0.15) is 0 Å². The minimum absolute atomic E-state index is 0.0637. The Morgan fingerprint density at radius 1 is 1.56 bits per heavy atom. The second kappa shape index (κ2) is 5.87. The summed E-state index contributed by atoms with van der Waals surface area (Å²) in [6.45, 7) is 5.03. The van der Waals surface area contributed by atoms with Gasteiger partial charge >= 0.3 is 0 Å². The summed E-state index contributed by atoms with van der Waals surface area (Å²) >= 11 is 0. The smallest absolute Gasteiger partial charge is 0.244 e. The quantitative estimate of drug-likeness (QED) is 0.799. The largest absolute Gasteiger partial charge is 0.465 e. The van der Waals surface area contributed by atoms with E-state index in [9.17, 15) is 4.79 Å². The van der Waals surface area contributed by atoms with Gasteiger partial charge in [-0.15, -0.1) is 0 Å². The first-order chi connectivity index (χ1) is 8.68. The summed E-state index contributed by atoms with van der Waals surface area (Å²) in [6.07, 6.45) is 7.00. The summed E-state index contributed by atoms with van der Waals surface area (Å²) in [5, 5.41) is 6.29. The fourth-order valence-electron chi connectivity index (χ4n) is 2.11. The minimum atomic E-state index is -0.0637. The molecule has 1 aliphatic heterocycles. The molecule has 0 atom stereocenters. The van der Waals surface area contributed by atoms with Gasteiger partial charge in [-0.25, -0.2) is 0 Å². The molecule has 1 amide bonds. The van der Waals surface area contributed by atoms with Gasteiger partial charge in [0.1, 0.15) is 5.76 Å². The highest BCUT2D eigenvalue weighted by atomic mass is 16.3. The van der Waals surface area contributed by atoms with Crippen molar-refractivity contribution in [2.45, 2.75) is 19.8 Å². The Morgan fingerprint density at radius 2 is 2.33 bits per heavy atom. The lowest BCUT2D eigenvalue weighted by atomic mass is 9.81. The van der Waals surface area contributed by atoms with Crippen LogP contribution in [0.1, 0.15) is 25.5 Å². The summed E-state index contributed by atoms with van der Waals surface area (Å²) in [5.74, 6) is 0.629. The van der Waals surface area contributed by atoms with Crippen LogP contribution >= 0.6 is 0 Å². The van der Waals surface area contributed by atoms with E-state index in [4.69, 9.17) is 4.42 Å². The van der Waals surface area contributed by atoms with Crippen LogP contribution in [0.3, 0.4) is 0 Å². The van der Waals surface area contributed by atoms with E-state index in [-0.39, 0.29) is 11.3 Å². The zero-order chi connectivity index (χ0) is 12.8. The molecule has 0 saturated carbocycles. The topological polar surface area (TPSA) is 54.3 Å². The molecule has 0 aliphatic carbocycles.